The predicted octanol–water partition coefficient (Wildman–Crippen LogP) is 6.07. The molecular weight excluding hydrogens is 439 g/mol. The highest BCUT2D eigenvalue weighted by Gasteiger charge is 2.50. The lowest BCUT2D eigenvalue weighted by Crippen LogP contribution is -2.45. The monoisotopic (exact) mass is 462 g/mol. The number of benzene rings is 2. The van der Waals surface area contributed by atoms with Gasteiger partial charge in [-0.15, -0.1) is 0 Å². The molecule has 0 radical (unpaired) electrons. The molecule has 35 heavy (non-hydrogen) atoms. The molecule has 0 amide bonds. The van der Waals surface area contributed by atoms with Gasteiger partial charge in [-0.05, 0) is 49.1 Å². The quantitative estimate of drug-likeness (QED) is 0.340. The number of hydrogen-bond donors (Lipinski definition) is 0. The summed E-state index contributed by atoms with van der Waals surface area (Å²) in [5, 5.41) is 0.960. The molecule has 0 saturated carbocycles. The summed E-state index contributed by atoms with van der Waals surface area (Å²) in [5.74, 6) is 0.0966. The van der Waals surface area contributed by atoms with E-state index >= 15 is 0 Å². The number of allylic oxidation sites excluding steroid dienone is 2. The van der Waals surface area contributed by atoms with E-state index in [0.717, 1.165) is 34.3 Å². The lowest BCUT2D eigenvalue weighted by Gasteiger charge is -2.44. The van der Waals surface area contributed by atoms with Crippen LogP contribution in [-0.2, 0) is 16.6 Å². The van der Waals surface area contributed by atoms with Crippen LogP contribution in [0.15, 0.2) is 72.6 Å². The molecule has 0 aliphatic heterocycles. The number of carbonyl (C=O) groups is 1. The van der Waals surface area contributed by atoms with Crippen LogP contribution in [0.3, 0.4) is 0 Å². The summed E-state index contributed by atoms with van der Waals surface area (Å²) in [6.45, 7) is 11.6. The van der Waals surface area contributed by atoms with E-state index in [1.807, 2.05) is 54.0 Å². The normalized spacial score (nSPS) is 23.4. The van der Waals surface area contributed by atoms with Gasteiger partial charge >= 0.3 is 0 Å². The smallest absolute Gasteiger partial charge is 0.226 e. The van der Waals surface area contributed by atoms with Gasteiger partial charge in [0.2, 0.25) is 5.70 Å². The molecule has 0 bridgehead atoms. The SMILES string of the molecule is [C-]#[N+]C1=C[C@@]2(C)c3nc(-c4cccc5ncccc45)n(-c4cccc(F)c4)c3CC[C@@H]2[C@@H](C)C1=O. The Labute approximate surface area is 202 Å². The van der Waals surface area contributed by atoms with Crippen LogP contribution in [-0.4, -0.2) is 20.3 Å². The molecule has 2 aromatic heterocycles. The summed E-state index contributed by atoms with van der Waals surface area (Å²) < 4.78 is 16.4. The molecule has 2 aliphatic carbocycles. The second kappa shape index (κ2) is 7.71. The van der Waals surface area contributed by atoms with Crippen LogP contribution in [0.4, 0.5) is 4.39 Å². The standard InChI is InChI=1S/C29H23FN4O/c1-17-22-12-13-25-27(29(22,2)16-24(31-3)26(17)35)33-28(34(25)19-8-4-7-18(30)15-19)21-9-5-11-23-20(21)10-6-14-32-23/h4-11,14-17,22H,12-13H2,1-2H3/t17-,22-,29-/m1/s1. The molecular formula is C29H23FN4O. The van der Waals surface area contributed by atoms with E-state index in [2.05, 4.69) is 16.8 Å². The molecule has 2 aliphatic rings. The zero-order valence-corrected chi connectivity index (χ0v) is 19.5. The Bertz CT molecular complexity index is 1590. The number of rotatable bonds is 2. The van der Waals surface area contributed by atoms with Gasteiger partial charge < -0.3 is 4.79 Å². The zero-order chi connectivity index (χ0) is 24.3. The van der Waals surface area contributed by atoms with Gasteiger partial charge in [0.1, 0.15) is 11.6 Å². The van der Waals surface area contributed by atoms with E-state index in [1.54, 1.807) is 12.3 Å². The maximum Gasteiger partial charge on any atom is 0.226 e. The Balaban J connectivity index is 1.69. The Morgan fingerprint density at radius 3 is 2.80 bits per heavy atom. The van der Waals surface area contributed by atoms with Crippen LogP contribution < -0.4 is 0 Å². The van der Waals surface area contributed by atoms with Gasteiger partial charge in [-0.25, -0.2) is 14.2 Å². The first-order chi connectivity index (χ1) is 16.9. The van der Waals surface area contributed by atoms with Crippen LogP contribution in [0.25, 0.3) is 32.8 Å². The first-order valence-corrected chi connectivity index (χ1v) is 11.8. The summed E-state index contributed by atoms with van der Waals surface area (Å²) in [4.78, 5) is 26.1. The maximum atomic E-state index is 14.4. The fraction of sp³-hybridized carbons (Fsp3) is 0.241. The highest BCUT2D eigenvalue weighted by molar-refractivity contribution is 6.00. The number of fused-ring (bicyclic) bond motifs is 4. The van der Waals surface area contributed by atoms with Crippen molar-refractivity contribution in [3.8, 4) is 17.1 Å². The van der Waals surface area contributed by atoms with Crippen molar-refractivity contribution in [2.24, 2.45) is 11.8 Å². The summed E-state index contributed by atoms with van der Waals surface area (Å²) in [6.07, 6.45) is 5.08. The molecule has 6 heteroatoms. The van der Waals surface area contributed by atoms with Crippen molar-refractivity contribution in [1.82, 2.24) is 14.5 Å². The summed E-state index contributed by atoms with van der Waals surface area (Å²) >= 11 is 0. The van der Waals surface area contributed by atoms with Crippen molar-refractivity contribution >= 4 is 16.7 Å². The van der Waals surface area contributed by atoms with Crippen LogP contribution >= 0.6 is 0 Å². The number of halogens is 1. The summed E-state index contributed by atoms with van der Waals surface area (Å²) in [6, 6.07) is 16.4. The molecule has 5 nitrogen and oxygen atoms in total. The second-order valence-corrected chi connectivity index (χ2v) is 9.64. The first kappa shape index (κ1) is 21.4. The van der Waals surface area contributed by atoms with Gasteiger partial charge in [0.15, 0.2) is 5.78 Å². The highest BCUT2D eigenvalue weighted by atomic mass is 19.1. The molecule has 0 spiro atoms. The molecule has 0 N–H and O–H groups in total. The Morgan fingerprint density at radius 1 is 1.17 bits per heavy atom. The van der Waals surface area contributed by atoms with E-state index in [1.165, 1.54) is 12.1 Å². The number of aromatic nitrogens is 3. The van der Waals surface area contributed by atoms with Crippen molar-refractivity contribution in [3.05, 3.63) is 101 Å². The fourth-order valence-electron chi connectivity index (χ4n) is 6.06. The number of hydrogen-bond acceptors (Lipinski definition) is 3. The topological polar surface area (TPSA) is 52.1 Å². The molecule has 0 saturated heterocycles. The van der Waals surface area contributed by atoms with Crippen LogP contribution in [0.5, 0.6) is 0 Å². The van der Waals surface area contributed by atoms with Gasteiger partial charge in [-0.3, -0.25) is 9.55 Å². The summed E-state index contributed by atoms with van der Waals surface area (Å²) in [7, 11) is 0. The third kappa shape index (κ3) is 3.08. The van der Waals surface area contributed by atoms with Crippen molar-refractivity contribution in [2.45, 2.75) is 32.1 Å². The second-order valence-electron chi connectivity index (χ2n) is 9.64. The highest BCUT2D eigenvalue weighted by Crippen LogP contribution is 2.51. The van der Waals surface area contributed by atoms with Gasteiger partial charge in [-0.1, -0.05) is 44.2 Å². The molecule has 4 aromatic rings. The van der Waals surface area contributed by atoms with Gasteiger partial charge in [0.05, 0.1) is 23.5 Å². The Morgan fingerprint density at radius 2 is 2.00 bits per heavy atom. The number of pyridine rings is 1. The minimum Gasteiger partial charge on any atom is -0.308 e. The zero-order valence-electron chi connectivity index (χ0n) is 19.5. The number of ketones is 1. The lowest BCUT2D eigenvalue weighted by molar-refractivity contribution is -0.121. The van der Waals surface area contributed by atoms with E-state index in [4.69, 9.17) is 11.6 Å². The third-order valence-corrected chi connectivity index (χ3v) is 7.72. The van der Waals surface area contributed by atoms with Crippen LogP contribution in [0, 0.1) is 24.2 Å². The average molecular weight is 463 g/mol. The molecule has 6 rings (SSSR count). The molecule has 0 unspecified atom stereocenters. The van der Waals surface area contributed by atoms with Crippen molar-refractivity contribution < 1.29 is 9.18 Å². The minimum atomic E-state index is -0.572. The van der Waals surface area contributed by atoms with Gasteiger partial charge in [0.25, 0.3) is 0 Å². The fourth-order valence-corrected chi connectivity index (χ4v) is 6.06. The average Bonchev–Trinajstić information content (AvgIpc) is 3.27. The van der Waals surface area contributed by atoms with Crippen molar-refractivity contribution in [1.29, 1.82) is 0 Å². The maximum absolute atomic E-state index is 14.4. The van der Waals surface area contributed by atoms with Crippen LogP contribution in [0.1, 0.15) is 31.7 Å². The predicted molar refractivity (Wildman–Crippen MR) is 132 cm³/mol. The summed E-state index contributed by atoms with van der Waals surface area (Å²) in [5.41, 5.74) is 3.92. The van der Waals surface area contributed by atoms with Crippen LogP contribution in [0.2, 0.25) is 0 Å². The number of carbonyl (C=O) groups excluding carboxylic acids is 1. The van der Waals surface area contributed by atoms with Crippen molar-refractivity contribution in [2.75, 3.05) is 0 Å². The van der Waals surface area contributed by atoms with Gasteiger partial charge in [-0.2, -0.15) is 0 Å². The largest absolute Gasteiger partial charge is 0.308 e. The molecule has 2 aromatic carbocycles. The van der Waals surface area contributed by atoms with E-state index in [9.17, 15) is 9.18 Å². The minimum absolute atomic E-state index is 0.0471. The molecule has 3 atom stereocenters. The van der Waals surface area contributed by atoms with E-state index < -0.39 is 5.41 Å². The molecule has 2 heterocycles. The first-order valence-electron chi connectivity index (χ1n) is 11.8. The van der Waals surface area contributed by atoms with E-state index in [-0.39, 0.29) is 29.1 Å². The number of Topliss-reactive ketones (excluding diaryl/α,β-unsaturated/α-hetero) is 1. The molecule has 0 fully saturated rings. The third-order valence-electron chi connectivity index (χ3n) is 7.72. The number of nitrogens with zero attached hydrogens (tertiary/aromatic N) is 4. The molecule has 172 valence electrons. The van der Waals surface area contributed by atoms with Crippen molar-refractivity contribution in [3.63, 3.8) is 0 Å². The van der Waals surface area contributed by atoms with Gasteiger partial charge in [0, 0.05) is 34.2 Å². The number of imidazole rings is 1. The lowest BCUT2D eigenvalue weighted by atomic mass is 9.59. The Kier molecular flexibility index (Phi) is 4.72. The van der Waals surface area contributed by atoms with E-state index in [0.29, 0.717) is 17.9 Å². The Hall–Kier alpha value is -4.11.